The zero-order valence-corrected chi connectivity index (χ0v) is 14.3. The molecule has 1 heterocycles. The second kappa shape index (κ2) is 6.36. The van der Waals surface area contributed by atoms with Crippen LogP contribution in [0.1, 0.15) is 10.4 Å². The Morgan fingerprint density at radius 1 is 1.09 bits per heavy atom. The van der Waals surface area contributed by atoms with E-state index in [1.54, 1.807) is 24.3 Å². The molecule has 0 aliphatic carbocycles. The predicted molar refractivity (Wildman–Crippen MR) is 89.5 cm³/mol. The van der Waals surface area contributed by atoms with Gasteiger partial charge >= 0.3 is 0 Å². The van der Waals surface area contributed by atoms with Gasteiger partial charge in [-0.2, -0.15) is 0 Å². The number of carbonyl (C=O) groups excluding carboxylic acids is 1. The van der Waals surface area contributed by atoms with E-state index >= 15 is 0 Å². The van der Waals surface area contributed by atoms with Gasteiger partial charge in [0.1, 0.15) is 13.2 Å². The van der Waals surface area contributed by atoms with Crippen molar-refractivity contribution in [2.45, 2.75) is 0 Å². The van der Waals surface area contributed by atoms with Crippen molar-refractivity contribution >= 4 is 50.7 Å². The van der Waals surface area contributed by atoms with E-state index in [0.29, 0.717) is 46.0 Å². The van der Waals surface area contributed by atoms with Crippen LogP contribution in [-0.4, -0.2) is 19.1 Å². The summed E-state index contributed by atoms with van der Waals surface area (Å²) in [5.41, 5.74) is 0.883. The maximum Gasteiger partial charge on any atom is 0.255 e. The summed E-state index contributed by atoms with van der Waals surface area (Å²) >= 11 is 15.5. The molecule has 0 aromatic heterocycles. The zero-order chi connectivity index (χ0) is 15.7. The molecule has 0 bridgehead atoms. The second-order valence-electron chi connectivity index (χ2n) is 4.56. The highest BCUT2D eigenvalue weighted by Crippen LogP contribution is 2.38. The summed E-state index contributed by atoms with van der Waals surface area (Å²) in [6, 6.07) is 8.34. The molecular weight excluding hydrogens is 393 g/mol. The van der Waals surface area contributed by atoms with Gasteiger partial charge in [0.2, 0.25) is 0 Å². The molecule has 2 aromatic rings. The highest BCUT2D eigenvalue weighted by atomic mass is 79.9. The van der Waals surface area contributed by atoms with Gasteiger partial charge in [0, 0.05) is 10.0 Å². The van der Waals surface area contributed by atoms with Crippen molar-refractivity contribution in [3.63, 3.8) is 0 Å². The number of anilines is 1. The van der Waals surface area contributed by atoms with Crippen molar-refractivity contribution < 1.29 is 14.3 Å². The number of halogens is 3. The topological polar surface area (TPSA) is 47.6 Å². The number of amides is 1. The Bertz CT molecular complexity index is 752. The standard InChI is InChI=1S/C15H10BrCl2NO3/c16-9-1-2-12(10(17)7-9)19-15(20)8-5-11(18)14-13(6-8)21-3-4-22-14/h1-2,5-7H,3-4H2,(H,19,20). The molecule has 22 heavy (non-hydrogen) atoms. The number of nitrogens with one attached hydrogen (secondary N) is 1. The van der Waals surface area contributed by atoms with Gasteiger partial charge in [0.25, 0.3) is 5.91 Å². The highest BCUT2D eigenvalue weighted by Gasteiger charge is 2.19. The summed E-state index contributed by atoms with van der Waals surface area (Å²) in [6.07, 6.45) is 0. The van der Waals surface area contributed by atoms with Crippen LogP contribution in [0.25, 0.3) is 0 Å². The molecule has 2 aromatic carbocycles. The van der Waals surface area contributed by atoms with E-state index in [1.807, 2.05) is 0 Å². The maximum atomic E-state index is 12.4. The summed E-state index contributed by atoms with van der Waals surface area (Å²) in [5, 5.41) is 3.51. The third-order valence-electron chi connectivity index (χ3n) is 3.04. The van der Waals surface area contributed by atoms with E-state index in [0.717, 1.165) is 4.47 Å². The van der Waals surface area contributed by atoms with E-state index in [-0.39, 0.29) is 5.91 Å². The Labute approximate surface area is 145 Å². The van der Waals surface area contributed by atoms with Gasteiger partial charge in [-0.05, 0) is 30.3 Å². The number of carbonyl (C=O) groups is 1. The van der Waals surface area contributed by atoms with Gasteiger partial charge in [-0.15, -0.1) is 0 Å². The van der Waals surface area contributed by atoms with E-state index in [4.69, 9.17) is 32.7 Å². The fourth-order valence-electron chi connectivity index (χ4n) is 2.03. The third-order valence-corrected chi connectivity index (χ3v) is 4.13. The van der Waals surface area contributed by atoms with Gasteiger partial charge < -0.3 is 14.8 Å². The number of benzene rings is 2. The summed E-state index contributed by atoms with van der Waals surface area (Å²) < 4.78 is 11.7. The molecule has 7 heteroatoms. The number of fused-ring (bicyclic) bond motifs is 1. The lowest BCUT2D eigenvalue weighted by molar-refractivity contribution is 0.102. The minimum Gasteiger partial charge on any atom is -0.486 e. The van der Waals surface area contributed by atoms with Crippen LogP contribution in [-0.2, 0) is 0 Å². The van der Waals surface area contributed by atoms with Gasteiger partial charge in [-0.3, -0.25) is 4.79 Å². The molecule has 4 nitrogen and oxygen atoms in total. The third kappa shape index (κ3) is 3.16. The second-order valence-corrected chi connectivity index (χ2v) is 6.29. The number of hydrogen-bond acceptors (Lipinski definition) is 3. The van der Waals surface area contributed by atoms with Gasteiger partial charge in [0.15, 0.2) is 11.5 Å². The first-order valence-electron chi connectivity index (χ1n) is 6.40. The molecule has 1 N–H and O–H groups in total. The van der Waals surface area contributed by atoms with Crippen molar-refractivity contribution in [3.8, 4) is 11.5 Å². The molecule has 0 atom stereocenters. The molecule has 1 aliphatic rings. The first kappa shape index (κ1) is 15.5. The molecule has 0 saturated heterocycles. The maximum absolute atomic E-state index is 12.4. The van der Waals surface area contributed by atoms with Crippen LogP contribution in [0.2, 0.25) is 10.0 Å². The van der Waals surface area contributed by atoms with Gasteiger partial charge in [-0.25, -0.2) is 0 Å². The SMILES string of the molecule is O=C(Nc1ccc(Br)cc1Cl)c1cc(Cl)c2c(c1)OCCO2. The number of hydrogen-bond donors (Lipinski definition) is 1. The lowest BCUT2D eigenvalue weighted by atomic mass is 10.1. The quantitative estimate of drug-likeness (QED) is 0.786. The predicted octanol–water partition coefficient (Wildman–Crippen LogP) is 4.78. The molecule has 0 unspecified atom stereocenters. The van der Waals surface area contributed by atoms with Crippen molar-refractivity contribution in [2.75, 3.05) is 18.5 Å². The first-order chi connectivity index (χ1) is 10.5. The van der Waals surface area contributed by atoms with Crippen LogP contribution < -0.4 is 14.8 Å². The minimum absolute atomic E-state index is 0.330. The average Bonchev–Trinajstić information content (AvgIpc) is 2.50. The van der Waals surface area contributed by atoms with Crippen molar-refractivity contribution in [1.82, 2.24) is 0 Å². The minimum atomic E-state index is -0.330. The summed E-state index contributed by atoms with van der Waals surface area (Å²) in [6.45, 7) is 0.861. The lowest BCUT2D eigenvalue weighted by Crippen LogP contribution is -2.17. The molecule has 1 amide bonds. The van der Waals surface area contributed by atoms with Gasteiger partial charge in [0.05, 0.1) is 15.7 Å². The van der Waals surface area contributed by atoms with Crippen molar-refractivity contribution in [2.24, 2.45) is 0 Å². The molecule has 114 valence electrons. The molecule has 1 aliphatic heterocycles. The Hall–Kier alpha value is -1.43. The monoisotopic (exact) mass is 401 g/mol. The zero-order valence-electron chi connectivity index (χ0n) is 11.2. The molecule has 3 rings (SSSR count). The fraction of sp³-hybridized carbons (Fsp3) is 0.133. The highest BCUT2D eigenvalue weighted by molar-refractivity contribution is 9.10. The van der Waals surface area contributed by atoms with Crippen LogP contribution in [0, 0.1) is 0 Å². The normalized spacial score (nSPS) is 12.9. The molecule has 0 radical (unpaired) electrons. The van der Waals surface area contributed by atoms with Crippen LogP contribution in [0.15, 0.2) is 34.8 Å². The summed E-state index contributed by atoms with van der Waals surface area (Å²) in [7, 11) is 0. The number of rotatable bonds is 2. The van der Waals surface area contributed by atoms with Gasteiger partial charge in [-0.1, -0.05) is 39.1 Å². The van der Waals surface area contributed by atoms with E-state index in [2.05, 4.69) is 21.2 Å². The molecule has 0 fully saturated rings. The Kier molecular flexibility index (Phi) is 4.47. The Balaban J connectivity index is 1.87. The molecule has 0 spiro atoms. The van der Waals surface area contributed by atoms with Crippen LogP contribution in [0.4, 0.5) is 5.69 Å². The average molecular weight is 403 g/mol. The van der Waals surface area contributed by atoms with E-state index in [1.165, 1.54) is 6.07 Å². The first-order valence-corrected chi connectivity index (χ1v) is 7.95. The Morgan fingerprint density at radius 3 is 2.64 bits per heavy atom. The van der Waals surface area contributed by atoms with Crippen molar-refractivity contribution in [1.29, 1.82) is 0 Å². The fourth-order valence-corrected chi connectivity index (χ4v) is 3.01. The van der Waals surface area contributed by atoms with Crippen molar-refractivity contribution in [3.05, 3.63) is 50.4 Å². The molecule has 0 saturated carbocycles. The number of ether oxygens (including phenoxy) is 2. The van der Waals surface area contributed by atoms with E-state index in [9.17, 15) is 4.79 Å². The molecular formula is C15H10BrCl2NO3. The van der Waals surface area contributed by atoms with E-state index < -0.39 is 0 Å². The summed E-state index contributed by atoms with van der Waals surface area (Å²) in [4.78, 5) is 12.4. The Morgan fingerprint density at radius 2 is 1.86 bits per heavy atom. The lowest BCUT2D eigenvalue weighted by Gasteiger charge is -2.20. The van der Waals surface area contributed by atoms with Crippen LogP contribution >= 0.6 is 39.1 Å². The largest absolute Gasteiger partial charge is 0.486 e. The van der Waals surface area contributed by atoms with Crippen LogP contribution in [0.3, 0.4) is 0 Å². The summed E-state index contributed by atoms with van der Waals surface area (Å²) in [5.74, 6) is 0.597. The smallest absolute Gasteiger partial charge is 0.255 e. The van der Waals surface area contributed by atoms with Crippen LogP contribution in [0.5, 0.6) is 11.5 Å².